The van der Waals surface area contributed by atoms with Gasteiger partial charge in [0.15, 0.2) is 0 Å². The fraction of sp³-hybridized carbons (Fsp3) is 0.130. The lowest BCUT2D eigenvalue weighted by Gasteiger charge is -2.38. The summed E-state index contributed by atoms with van der Waals surface area (Å²) >= 11 is 0. The first-order chi connectivity index (χ1) is 23.7. The number of rotatable bonds is 7. The van der Waals surface area contributed by atoms with Gasteiger partial charge in [-0.3, -0.25) is 0 Å². The van der Waals surface area contributed by atoms with Gasteiger partial charge in [0, 0.05) is 5.66 Å². The molecular weight excluding hydrogens is 614 g/mol. The van der Waals surface area contributed by atoms with Crippen molar-refractivity contribution in [3.05, 3.63) is 184 Å². The van der Waals surface area contributed by atoms with Crippen LogP contribution in [0.4, 0.5) is 0 Å². The van der Waals surface area contributed by atoms with Crippen LogP contribution in [-0.2, 0) is 0 Å². The molecule has 0 saturated carbocycles. The van der Waals surface area contributed by atoms with E-state index in [9.17, 15) is 0 Å². The average molecular weight is 655 g/mol. The molecule has 3 unspecified atom stereocenters. The second-order valence-electron chi connectivity index (χ2n) is 13.1. The van der Waals surface area contributed by atoms with Crippen LogP contribution in [0.25, 0.3) is 23.8 Å². The molecule has 0 radical (unpaired) electrons. The molecule has 0 aromatic heterocycles. The summed E-state index contributed by atoms with van der Waals surface area (Å²) < 4.78 is 0. The summed E-state index contributed by atoms with van der Waals surface area (Å²) in [5.41, 5.74) is 3.28. The molecule has 0 aliphatic heterocycles. The Kier molecular flexibility index (Phi) is 8.80. The van der Waals surface area contributed by atoms with Crippen molar-refractivity contribution in [1.82, 2.24) is 0 Å². The lowest BCUT2D eigenvalue weighted by molar-refractivity contribution is 0.791. The molecular formula is C46H40P2. The Labute approximate surface area is 287 Å². The summed E-state index contributed by atoms with van der Waals surface area (Å²) in [6.07, 6.45) is 8.68. The Morgan fingerprint density at radius 1 is 0.500 bits per heavy atom. The molecule has 0 heterocycles. The molecule has 234 valence electrons. The zero-order chi connectivity index (χ0) is 32.5. The molecule has 8 rings (SSSR count). The minimum Gasteiger partial charge on any atom is -0.0755 e. The summed E-state index contributed by atoms with van der Waals surface area (Å²) in [5.74, 6) is 0.870. The quantitative estimate of drug-likeness (QED) is 0.181. The third kappa shape index (κ3) is 5.83. The molecule has 3 atom stereocenters. The zero-order valence-electron chi connectivity index (χ0n) is 27.6. The molecule has 0 spiro atoms. The highest BCUT2D eigenvalue weighted by Crippen LogP contribution is 2.50. The highest BCUT2D eigenvalue weighted by atomic mass is 31.1. The van der Waals surface area contributed by atoms with Crippen LogP contribution >= 0.6 is 15.8 Å². The van der Waals surface area contributed by atoms with Crippen molar-refractivity contribution in [2.45, 2.75) is 25.9 Å². The molecule has 0 nitrogen and oxygen atoms in total. The molecule has 6 aromatic carbocycles. The number of fused-ring (bicyclic) bond motifs is 2. The van der Waals surface area contributed by atoms with Gasteiger partial charge in [0.2, 0.25) is 0 Å². The zero-order valence-corrected chi connectivity index (χ0v) is 29.4. The minimum atomic E-state index is -0.826. The third-order valence-corrected chi connectivity index (χ3v) is 15.3. The van der Waals surface area contributed by atoms with Crippen LogP contribution in [-0.4, -0.2) is 5.66 Å². The van der Waals surface area contributed by atoms with Crippen LogP contribution in [0.2, 0.25) is 0 Å². The molecule has 0 bridgehead atoms. The molecule has 48 heavy (non-hydrogen) atoms. The van der Waals surface area contributed by atoms with E-state index in [0.29, 0.717) is 17.5 Å². The molecule has 0 fully saturated rings. The van der Waals surface area contributed by atoms with Gasteiger partial charge in [-0.15, -0.1) is 0 Å². The maximum atomic E-state index is 2.56. The second kappa shape index (κ2) is 13.6. The van der Waals surface area contributed by atoms with E-state index in [2.05, 4.69) is 190 Å². The van der Waals surface area contributed by atoms with Gasteiger partial charge in [-0.2, -0.15) is 0 Å². The maximum Gasteiger partial charge on any atom is 0.0195 e. The number of hydrogen-bond donors (Lipinski definition) is 0. The van der Waals surface area contributed by atoms with Gasteiger partial charge in [-0.25, -0.2) is 0 Å². The Morgan fingerprint density at radius 2 is 1.02 bits per heavy atom. The molecule has 0 saturated heterocycles. The summed E-state index contributed by atoms with van der Waals surface area (Å²) in [5, 5.41) is 12.6. The SMILES string of the molecule is CC1C=c2ccc(P(c3ccccc3)c3ccccc3)c(C3=c4ccccc4=CC(C)C3P(c3ccccc3)c3ccccc3)c2=CC1. The van der Waals surface area contributed by atoms with Crippen LogP contribution < -0.4 is 47.4 Å². The van der Waals surface area contributed by atoms with Crippen molar-refractivity contribution in [1.29, 1.82) is 0 Å². The van der Waals surface area contributed by atoms with Crippen LogP contribution in [0.1, 0.15) is 25.8 Å². The third-order valence-electron chi connectivity index (χ3n) is 9.79. The molecule has 0 amide bonds. The largest absolute Gasteiger partial charge is 0.0755 e. The van der Waals surface area contributed by atoms with Crippen molar-refractivity contribution >= 4 is 66.2 Å². The predicted molar refractivity (Wildman–Crippen MR) is 212 cm³/mol. The number of hydrogen-bond acceptors (Lipinski definition) is 0. The van der Waals surface area contributed by atoms with E-state index in [4.69, 9.17) is 0 Å². The van der Waals surface area contributed by atoms with Gasteiger partial charge < -0.3 is 0 Å². The molecule has 2 heteroatoms. The lowest BCUT2D eigenvalue weighted by Crippen LogP contribution is -2.46. The number of benzene rings is 6. The Hall–Kier alpha value is -4.34. The Balaban J connectivity index is 1.52. The van der Waals surface area contributed by atoms with Crippen LogP contribution in [0.5, 0.6) is 0 Å². The van der Waals surface area contributed by atoms with Crippen LogP contribution in [0.3, 0.4) is 0 Å². The van der Waals surface area contributed by atoms with E-state index in [-0.39, 0.29) is 0 Å². The minimum absolute atomic E-state index is 0.293. The monoisotopic (exact) mass is 654 g/mol. The normalized spacial score (nSPS) is 18.3. The summed E-state index contributed by atoms with van der Waals surface area (Å²) in [6, 6.07) is 59.3. The molecule has 0 N–H and O–H groups in total. The highest BCUT2D eigenvalue weighted by Gasteiger charge is 2.36. The fourth-order valence-corrected chi connectivity index (χ4v) is 13.2. The van der Waals surface area contributed by atoms with E-state index < -0.39 is 15.8 Å². The van der Waals surface area contributed by atoms with Gasteiger partial charge in [0.25, 0.3) is 0 Å². The van der Waals surface area contributed by atoms with Gasteiger partial charge in [0.05, 0.1) is 0 Å². The van der Waals surface area contributed by atoms with Crippen molar-refractivity contribution in [3.63, 3.8) is 0 Å². The van der Waals surface area contributed by atoms with Crippen molar-refractivity contribution in [3.8, 4) is 0 Å². The van der Waals surface area contributed by atoms with Crippen molar-refractivity contribution in [2.75, 3.05) is 0 Å². The van der Waals surface area contributed by atoms with Crippen LogP contribution in [0.15, 0.2) is 158 Å². The summed E-state index contributed by atoms with van der Waals surface area (Å²) in [4.78, 5) is 0. The van der Waals surface area contributed by atoms with E-state index in [1.807, 2.05) is 0 Å². The van der Waals surface area contributed by atoms with Crippen LogP contribution in [0, 0.1) is 11.8 Å². The van der Waals surface area contributed by atoms with Gasteiger partial charge in [-0.05, 0) is 92.6 Å². The second-order valence-corrected chi connectivity index (χ2v) is 17.6. The maximum absolute atomic E-state index is 2.56. The Bertz CT molecular complexity index is 2220. The first-order valence-corrected chi connectivity index (χ1v) is 19.9. The highest BCUT2D eigenvalue weighted by molar-refractivity contribution is 7.80. The molecule has 6 aromatic rings. The van der Waals surface area contributed by atoms with E-state index >= 15 is 0 Å². The van der Waals surface area contributed by atoms with Gasteiger partial charge >= 0.3 is 0 Å². The van der Waals surface area contributed by atoms with Gasteiger partial charge in [-0.1, -0.05) is 190 Å². The first-order valence-electron chi connectivity index (χ1n) is 17.1. The predicted octanol–water partition coefficient (Wildman–Crippen LogP) is 6.18. The van der Waals surface area contributed by atoms with E-state index in [1.165, 1.54) is 58.5 Å². The molecule has 2 aliphatic carbocycles. The standard InChI is InChI=1S/C46H40P2/c1-33-27-29-42-36(31-33)28-30-43(47(37-18-7-3-8-19-37)38-20-9-4-10-21-38)44(42)45-41-26-16-15-17-35(41)32-34(2)46(45)48(39-22-11-5-12-23-39)40-24-13-6-14-25-40/h3-26,28-34,46H,27H2,1-2H3. The summed E-state index contributed by atoms with van der Waals surface area (Å²) in [6.45, 7) is 4.81. The van der Waals surface area contributed by atoms with E-state index in [1.54, 1.807) is 0 Å². The lowest BCUT2D eigenvalue weighted by atomic mass is 9.85. The molecule has 2 aliphatic rings. The smallest absolute Gasteiger partial charge is 0.0195 e. The average Bonchev–Trinajstić information content (AvgIpc) is 3.14. The fourth-order valence-electron chi connectivity index (χ4n) is 7.70. The van der Waals surface area contributed by atoms with Gasteiger partial charge in [0.1, 0.15) is 0 Å². The van der Waals surface area contributed by atoms with Crippen molar-refractivity contribution in [2.24, 2.45) is 11.8 Å². The summed E-state index contributed by atoms with van der Waals surface area (Å²) in [7, 11) is -1.57. The first kappa shape index (κ1) is 31.0. The van der Waals surface area contributed by atoms with E-state index in [0.717, 1.165) is 6.42 Å². The Morgan fingerprint density at radius 3 is 1.60 bits per heavy atom. The topological polar surface area (TPSA) is 0 Å². The van der Waals surface area contributed by atoms with Crippen molar-refractivity contribution < 1.29 is 0 Å².